The summed E-state index contributed by atoms with van der Waals surface area (Å²) in [6, 6.07) is 4.69. The third-order valence-electron chi connectivity index (χ3n) is 3.53. The second kappa shape index (κ2) is 5.65. The maximum atomic E-state index is 13.7. The first kappa shape index (κ1) is 14.9. The molecule has 0 heterocycles. The van der Waals surface area contributed by atoms with Crippen LogP contribution >= 0.6 is 0 Å². The van der Waals surface area contributed by atoms with Crippen LogP contribution in [0.5, 0.6) is 5.75 Å². The van der Waals surface area contributed by atoms with Crippen LogP contribution < -0.4 is 16.0 Å². The molecule has 0 radical (unpaired) electrons. The van der Waals surface area contributed by atoms with Crippen molar-refractivity contribution in [2.24, 2.45) is 5.84 Å². The Morgan fingerprint density at radius 3 is 2.39 bits per heavy atom. The number of hydrogen-bond acceptors (Lipinski definition) is 4. The summed E-state index contributed by atoms with van der Waals surface area (Å²) < 4.78 is 18.6. The Morgan fingerprint density at radius 1 is 1.39 bits per heavy atom. The molecule has 0 amide bonds. The van der Waals surface area contributed by atoms with E-state index in [-0.39, 0.29) is 23.1 Å². The first-order valence-corrected chi connectivity index (χ1v) is 5.81. The fraction of sp³-hybridized carbons (Fsp3) is 0.538. The predicted molar refractivity (Wildman–Crippen MR) is 70.8 cm³/mol. The van der Waals surface area contributed by atoms with E-state index in [0.717, 1.165) is 5.56 Å². The largest absolute Gasteiger partial charge is 0.494 e. The van der Waals surface area contributed by atoms with E-state index in [0.29, 0.717) is 0 Å². The highest BCUT2D eigenvalue weighted by Gasteiger charge is 2.32. The molecular formula is C13H22FN3O. The van der Waals surface area contributed by atoms with Gasteiger partial charge in [-0.1, -0.05) is 6.07 Å². The second-order valence-corrected chi connectivity index (χ2v) is 5.04. The highest BCUT2D eigenvalue weighted by atomic mass is 19.1. The molecule has 1 unspecified atom stereocenters. The minimum absolute atomic E-state index is 0.187. The van der Waals surface area contributed by atoms with Gasteiger partial charge in [0.1, 0.15) is 0 Å². The predicted octanol–water partition coefficient (Wildman–Crippen LogP) is 1.68. The lowest BCUT2D eigenvalue weighted by molar-refractivity contribution is 0.138. The molecule has 0 fully saturated rings. The molecule has 0 saturated heterocycles. The van der Waals surface area contributed by atoms with Crippen molar-refractivity contribution in [2.45, 2.75) is 25.4 Å². The van der Waals surface area contributed by atoms with Gasteiger partial charge < -0.3 is 9.64 Å². The number of nitrogens with one attached hydrogen (secondary N) is 1. The van der Waals surface area contributed by atoms with E-state index in [1.807, 2.05) is 38.9 Å². The minimum Gasteiger partial charge on any atom is -0.494 e. The van der Waals surface area contributed by atoms with Gasteiger partial charge in [-0.05, 0) is 45.6 Å². The number of methoxy groups -OCH3 is 1. The molecule has 4 nitrogen and oxygen atoms in total. The van der Waals surface area contributed by atoms with Crippen molar-refractivity contribution >= 4 is 0 Å². The average Bonchev–Trinajstić information content (AvgIpc) is 2.29. The Labute approximate surface area is 108 Å². The van der Waals surface area contributed by atoms with Crippen molar-refractivity contribution < 1.29 is 9.13 Å². The number of likely N-dealkylation sites (N-methyl/N-ethyl adjacent to an activating group) is 1. The molecule has 1 rings (SSSR count). The number of nitrogens with two attached hydrogens (primary N) is 1. The summed E-state index contributed by atoms with van der Waals surface area (Å²) in [4.78, 5) is 2.04. The van der Waals surface area contributed by atoms with Gasteiger partial charge in [0, 0.05) is 5.54 Å². The molecule has 3 N–H and O–H groups in total. The summed E-state index contributed by atoms with van der Waals surface area (Å²) in [7, 11) is 5.37. The van der Waals surface area contributed by atoms with Gasteiger partial charge in [0.05, 0.1) is 13.2 Å². The minimum atomic E-state index is -0.384. The zero-order valence-electron chi connectivity index (χ0n) is 11.6. The van der Waals surface area contributed by atoms with Crippen LogP contribution in [0.1, 0.15) is 25.5 Å². The standard InChI is InChI=1S/C13H22FN3O/c1-13(2,17(3)4)12(16-15)9-6-7-11(18-5)10(14)8-9/h6-8,12,16H,15H2,1-5H3. The molecule has 0 aliphatic rings. The van der Waals surface area contributed by atoms with Gasteiger partial charge in [0.15, 0.2) is 11.6 Å². The molecule has 0 aromatic heterocycles. The quantitative estimate of drug-likeness (QED) is 0.621. The fourth-order valence-corrected chi connectivity index (χ4v) is 1.83. The van der Waals surface area contributed by atoms with Crippen LogP contribution in [0.2, 0.25) is 0 Å². The van der Waals surface area contributed by atoms with Crippen LogP contribution in [0.15, 0.2) is 18.2 Å². The maximum absolute atomic E-state index is 13.7. The normalized spacial score (nSPS) is 13.8. The second-order valence-electron chi connectivity index (χ2n) is 5.04. The van der Waals surface area contributed by atoms with E-state index in [9.17, 15) is 4.39 Å². The van der Waals surface area contributed by atoms with E-state index in [2.05, 4.69) is 5.43 Å². The lowest BCUT2D eigenvalue weighted by atomic mass is 9.88. The van der Waals surface area contributed by atoms with Crippen LogP contribution in [-0.4, -0.2) is 31.6 Å². The fourth-order valence-electron chi connectivity index (χ4n) is 1.83. The van der Waals surface area contributed by atoms with Crippen LogP contribution in [0.25, 0.3) is 0 Å². The molecule has 5 heteroatoms. The number of halogens is 1. The lowest BCUT2D eigenvalue weighted by Crippen LogP contribution is -2.51. The monoisotopic (exact) mass is 255 g/mol. The molecule has 0 spiro atoms. The first-order valence-electron chi connectivity index (χ1n) is 5.81. The molecule has 102 valence electrons. The number of benzene rings is 1. The number of hydrazine groups is 1. The van der Waals surface area contributed by atoms with Gasteiger partial charge in [-0.3, -0.25) is 11.3 Å². The van der Waals surface area contributed by atoms with Gasteiger partial charge in [0.25, 0.3) is 0 Å². The first-order chi connectivity index (χ1) is 8.34. The van der Waals surface area contributed by atoms with E-state index >= 15 is 0 Å². The van der Waals surface area contributed by atoms with Crippen molar-refractivity contribution in [3.05, 3.63) is 29.6 Å². The number of hydrogen-bond donors (Lipinski definition) is 2. The van der Waals surface area contributed by atoms with Gasteiger partial charge in [-0.25, -0.2) is 4.39 Å². The third kappa shape index (κ3) is 2.80. The van der Waals surface area contributed by atoms with Gasteiger partial charge in [0.2, 0.25) is 0 Å². The summed E-state index contributed by atoms with van der Waals surface area (Å²) in [5, 5.41) is 0. The Kier molecular flexibility index (Phi) is 4.67. The molecule has 1 aromatic rings. The SMILES string of the molecule is COc1ccc(C(NN)C(C)(C)N(C)C)cc1F. The molecule has 0 saturated carbocycles. The van der Waals surface area contributed by atoms with Gasteiger partial charge >= 0.3 is 0 Å². The van der Waals surface area contributed by atoms with Crippen molar-refractivity contribution in [3.63, 3.8) is 0 Å². The number of rotatable bonds is 5. The van der Waals surface area contributed by atoms with Crippen LogP contribution in [-0.2, 0) is 0 Å². The van der Waals surface area contributed by atoms with Crippen LogP contribution in [0.4, 0.5) is 4.39 Å². The van der Waals surface area contributed by atoms with E-state index in [1.165, 1.54) is 13.2 Å². The summed E-state index contributed by atoms with van der Waals surface area (Å²) in [5.41, 5.74) is 3.29. The molecule has 0 bridgehead atoms. The highest BCUT2D eigenvalue weighted by molar-refractivity contribution is 5.32. The molecule has 1 aromatic carbocycles. The van der Waals surface area contributed by atoms with Gasteiger partial charge in [-0.2, -0.15) is 0 Å². The Balaban J connectivity index is 3.14. The number of nitrogens with zero attached hydrogens (tertiary/aromatic N) is 1. The Bertz CT molecular complexity index is 407. The highest BCUT2D eigenvalue weighted by Crippen LogP contribution is 2.31. The summed E-state index contributed by atoms with van der Waals surface area (Å²) >= 11 is 0. The van der Waals surface area contributed by atoms with Crippen molar-refractivity contribution in [3.8, 4) is 5.75 Å². The van der Waals surface area contributed by atoms with E-state index in [4.69, 9.17) is 10.6 Å². The van der Waals surface area contributed by atoms with Crippen molar-refractivity contribution in [2.75, 3.05) is 21.2 Å². The lowest BCUT2D eigenvalue weighted by Gasteiger charge is -2.40. The molecule has 1 atom stereocenters. The van der Waals surface area contributed by atoms with Crippen LogP contribution in [0.3, 0.4) is 0 Å². The summed E-state index contributed by atoms with van der Waals surface area (Å²) in [6.07, 6.45) is 0. The molecule has 0 aliphatic heterocycles. The van der Waals surface area contributed by atoms with E-state index in [1.54, 1.807) is 6.07 Å². The summed E-state index contributed by atoms with van der Waals surface area (Å²) in [6.45, 7) is 4.08. The average molecular weight is 255 g/mol. The molecule has 18 heavy (non-hydrogen) atoms. The third-order valence-corrected chi connectivity index (χ3v) is 3.53. The smallest absolute Gasteiger partial charge is 0.165 e. The van der Waals surface area contributed by atoms with Crippen molar-refractivity contribution in [1.82, 2.24) is 10.3 Å². The van der Waals surface area contributed by atoms with Crippen molar-refractivity contribution in [1.29, 1.82) is 0 Å². The zero-order valence-corrected chi connectivity index (χ0v) is 11.6. The summed E-state index contributed by atoms with van der Waals surface area (Å²) in [5.74, 6) is 5.47. The maximum Gasteiger partial charge on any atom is 0.165 e. The Morgan fingerprint density at radius 2 is 2.00 bits per heavy atom. The van der Waals surface area contributed by atoms with E-state index < -0.39 is 0 Å². The zero-order chi connectivity index (χ0) is 13.9. The Hall–Kier alpha value is -1.17. The molecule has 0 aliphatic carbocycles. The van der Waals surface area contributed by atoms with Gasteiger partial charge in [-0.15, -0.1) is 0 Å². The van der Waals surface area contributed by atoms with Crippen LogP contribution in [0, 0.1) is 5.82 Å². The number of ether oxygens (including phenoxy) is 1. The topological polar surface area (TPSA) is 50.5 Å². The molecular weight excluding hydrogens is 233 g/mol.